The number of hydrogen-bond acceptors (Lipinski definition) is 9. The van der Waals surface area contributed by atoms with Crippen molar-refractivity contribution in [3.05, 3.63) is 48.6 Å². The molecule has 0 saturated carbocycles. The van der Waals surface area contributed by atoms with E-state index in [0.29, 0.717) is 13.0 Å². The fourth-order valence-electron chi connectivity index (χ4n) is 5.83. The van der Waals surface area contributed by atoms with E-state index in [0.717, 1.165) is 90.4 Å². The van der Waals surface area contributed by atoms with Gasteiger partial charge in [-0.25, -0.2) is 0 Å². The molecular weight excluding hydrogens is 646 g/mol. The van der Waals surface area contributed by atoms with Crippen molar-refractivity contribution >= 4 is 0 Å². The number of rotatable bonds is 37. The fraction of sp³-hybridized carbons (Fsp3) is 0.810. The van der Waals surface area contributed by atoms with Gasteiger partial charge in [-0.15, -0.1) is 4.90 Å². The maximum atomic E-state index is 10.8. The van der Waals surface area contributed by atoms with Crippen LogP contribution in [-0.2, 0) is 9.47 Å². The normalized spacial score (nSPS) is 13.9. The van der Waals surface area contributed by atoms with E-state index in [9.17, 15) is 30.6 Å². The Morgan fingerprint density at radius 3 is 1.27 bits per heavy atom. The highest BCUT2D eigenvalue weighted by atomic mass is 16.6. The van der Waals surface area contributed by atoms with Crippen molar-refractivity contribution in [1.82, 2.24) is 4.90 Å². The molecule has 300 valence electrons. The largest absolute Gasteiger partial charge is 0.378 e. The van der Waals surface area contributed by atoms with Crippen molar-refractivity contribution in [2.75, 3.05) is 19.8 Å². The Morgan fingerprint density at radius 2 is 0.882 bits per heavy atom. The van der Waals surface area contributed by atoms with Crippen LogP contribution < -0.4 is 0 Å². The van der Waals surface area contributed by atoms with Gasteiger partial charge in [0.1, 0.15) is 6.10 Å². The first-order valence-corrected chi connectivity index (χ1v) is 20.4. The summed E-state index contributed by atoms with van der Waals surface area (Å²) >= 11 is 0. The summed E-state index contributed by atoms with van der Waals surface area (Å²) in [7, 11) is 0. The van der Waals surface area contributed by atoms with E-state index >= 15 is 0 Å². The number of unbranched alkanes of at least 4 members (excludes halogenated alkanes) is 18. The van der Waals surface area contributed by atoms with Crippen LogP contribution in [0.4, 0.5) is 0 Å². The van der Waals surface area contributed by atoms with Crippen molar-refractivity contribution in [3.8, 4) is 0 Å². The van der Waals surface area contributed by atoms with Crippen molar-refractivity contribution < 1.29 is 40.1 Å². The van der Waals surface area contributed by atoms with Crippen LogP contribution in [-0.4, -0.2) is 79.7 Å². The molecule has 1 atom stereocenters. The SMILES string of the molecule is CCCCC/C=C\C/C=C\CCCCCCCCOCC(OCCCCCCCC/C=C\C/C=C\CCCCC)C(O)(O)N(C(O)O)C(C)(O)O. The Bertz CT molecular complexity index is 865. The maximum Gasteiger partial charge on any atom is 0.263 e. The fourth-order valence-corrected chi connectivity index (χ4v) is 5.83. The van der Waals surface area contributed by atoms with E-state index in [1.54, 1.807) is 0 Å². The summed E-state index contributed by atoms with van der Waals surface area (Å²) in [5.41, 5.74) is 0. The third kappa shape index (κ3) is 29.7. The molecule has 0 radical (unpaired) electrons. The van der Waals surface area contributed by atoms with Gasteiger partial charge in [0, 0.05) is 20.1 Å². The second-order valence-corrected chi connectivity index (χ2v) is 14.0. The summed E-state index contributed by atoms with van der Waals surface area (Å²) in [5, 5.41) is 61.1. The summed E-state index contributed by atoms with van der Waals surface area (Å²) < 4.78 is 11.5. The first-order chi connectivity index (χ1) is 24.6. The van der Waals surface area contributed by atoms with Crippen molar-refractivity contribution in [2.24, 2.45) is 0 Å². The quantitative estimate of drug-likeness (QED) is 0.0210. The molecule has 0 aliphatic heterocycles. The van der Waals surface area contributed by atoms with Crippen LogP contribution in [0.15, 0.2) is 48.6 Å². The molecular formula is C42H79NO8. The van der Waals surface area contributed by atoms with E-state index in [-0.39, 0.29) is 18.1 Å². The predicted molar refractivity (Wildman–Crippen MR) is 209 cm³/mol. The smallest absolute Gasteiger partial charge is 0.263 e. The van der Waals surface area contributed by atoms with E-state index in [1.165, 1.54) is 64.2 Å². The van der Waals surface area contributed by atoms with Gasteiger partial charge in [-0.05, 0) is 77.0 Å². The van der Waals surface area contributed by atoms with E-state index in [2.05, 4.69) is 62.5 Å². The molecule has 0 rings (SSSR count). The molecule has 0 spiro atoms. The molecule has 0 aromatic heterocycles. The molecule has 51 heavy (non-hydrogen) atoms. The van der Waals surface area contributed by atoms with Gasteiger partial charge in [0.15, 0.2) is 0 Å². The van der Waals surface area contributed by atoms with Crippen LogP contribution in [0.1, 0.15) is 175 Å². The lowest BCUT2D eigenvalue weighted by atomic mass is 10.1. The zero-order chi connectivity index (χ0) is 37.9. The Morgan fingerprint density at radius 1 is 0.510 bits per heavy atom. The molecule has 0 heterocycles. The zero-order valence-corrected chi connectivity index (χ0v) is 32.8. The molecule has 0 bridgehead atoms. The van der Waals surface area contributed by atoms with Crippen LogP contribution in [0.2, 0.25) is 0 Å². The van der Waals surface area contributed by atoms with Gasteiger partial charge in [0.2, 0.25) is 12.3 Å². The van der Waals surface area contributed by atoms with Crippen LogP contribution in [0, 0.1) is 0 Å². The third-order valence-corrected chi connectivity index (χ3v) is 8.90. The topological polar surface area (TPSA) is 143 Å². The minimum Gasteiger partial charge on any atom is -0.378 e. The van der Waals surface area contributed by atoms with Gasteiger partial charge in [-0.2, -0.15) is 0 Å². The molecule has 0 aliphatic rings. The second kappa shape index (κ2) is 34.4. The molecule has 0 saturated heterocycles. The maximum absolute atomic E-state index is 10.8. The predicted octanol–water partition coefficient (Wildman–Crippen LogP) is 8.88. The van der Waals surface area contributed by atoms with Crippen molar-refractivity contribution in [2.45, 2.75) is 199 Å². The average molecular weight is 726 g/mol. The lowest BCUT2D eigenvalue weighted by Crippen LogP contribution is -2.69. The van der Waals surface area contributed by atoms with E-state index < -0.39 is 24.3 Å². The van der Waals surface area contributed by atoms with E-state index in [1.807, 2.05) is 0 Å². The number of aliphatic hydroxyl groups is 6. The molecule has 9 heteroatoms. The molecule has 0 fully saturated rings. The van der Waals surface area contributed by atoms with Gasteiger partial charge in [0.25, 0.3) is 5.91 Å². The van der Waals surface area contributed by atoms with Gasteiger partial charge >= 0.3 is 0 Å². The Balaban J connectivity index is 4.33. The monoisotopic (exact) mass is 726 g/mol. The molecule has 6 N–H and O–H groups in total. The van der Waals surface area contributed by atoms with Crippen molar-refractivity contribution in [1.29, 1.82) is 0 Å². The van der Waals surface area contributed by atoms with Crippen molar-refractivity contribution in [3.63, 3.8) is 0 Å². The summed E-state index contributed by atoms with van der Waals surface area (Å²) in [6.45, 7) is 5.53. The summed E-state index contributed by atoms with van der Waals surface area (Å²) in [6, 6.07) is 0. The Labute approximate surface area is 312 Å². The molecule has 0 amide bonds. The number of aliphatic hydroxyl groups excluding tert-OH is 1. The molecule has 0 aromatic carbocycles. The van der Waals surface area contributed by atoms with Crippen LogP contribution in [0.25, 0.3) is 0 Å². The van der Waals surface area contributed by atoms with Crippen LogP contribution >= 0.6 is 0 Å². The minimum atomic E-state index is -3.12. The van der Waals surface area contributed by atoms with Gasteiger partial charge in [0.05, 0.1) is 6.61 Å². The standard InChI is InChI=1S/C42H79NO8/c1-4-6-8-10-12-14-16-18-20-22-24-26-28-30-32-34-36-50-38-39(42(48,49)43(40(44)45)41(3,46)47)51-37-35-33-31-29-27-25-23-21-19-17-15-13-11-9-7-5-2/h12-15,18-21,39-40,44-49H,4-11,16-17,22-38H2,1-3H3/b14-12-,15-13-,20-18-,21-19-. The highest BCUT2D eigenvalue weighted by molar-refractivity contribution is 4.93. The number of ether oxygens (including phenoxy) is 2. The lowest BCUT2D eigenvalue weighted by molar-refractivity contribution is -0.454. The average Bonchev–Trinajstić information content (AvgIpc) is 3.07. The Kier molecular flexibility index (Phi) is 33.4. The van der Waals surface area contributed by atoms with Gasteiger partial charge in [-0.1, -0.05) is 140 Å². The molecule has 1 unspecified atom stereocenters. The summed E-state index contributed by atoms with van der Waals surface area (Å²) in [4.78, 5) is -0.0348. The first-order valence-electron chi connectivity index (χ1n) is 20.4. The van der Waals surface area contributed by atoms with Crippen LogP contribution in [0.3, 0.4) is 0 Å². The summed E-state index contributed by atoms with van der Waals surface area (Å²) in [6.07, 6.45) is 40.7. The molecule has 0 aromatic rings. The Hall–Kier alpha value is -1.40. The zero-order valence-electron chi connectivity index (χ0n) is 32.8. The molecule has 0 aliphatic carbocycles. The van der Waals surface area contributed by atoms with Crippen LogP contribution in [0.5, 0.6) is 0 Å². The van der Waals surface area contributed by atoms with Gasteiger partial charge in [-0.3, -0.25) is 0 Å². The lowest BCUT2D eigenvalue weighted by Gasteiger charge is -2.44. The number of allylic oxidation sites excluding steroid dienone is 8. The first kappa shape index (κ1) is 49.6. The number of hydrogen-bond donors (Lipinski definition) is 6. The second-order valence-electron chi connectivity index (χ2n) is 14.0. The minimum absolute atomic E-state index is 0.0348. The van der Waals surface area contributed by atoms with E-state index in [4.69, 9.17) is 9.47 Å². The molecule has 9 nitrogen and oxygen atoms in total. The third-order valence-electron chi connectivity index (χ3n) is 8.90. The number of nitrogens with zero attached hydrogens (tertiary/aromatic N) is 1. The summed E-state index contributed by atoms with van der Waals surface area (Å²) in [5.74, 6) is -6.07. The highest BCUT2D eigenvalue weighted by Crippen LogP contribution is 2.26. The van der Waals surface area contributed by atoms with Gasteiger partial charge < -0.3 is 40.1 Å². The highest BCUT2D eigenvalue weighted by Gasteiger charge is 2.52.